The van der Waals surface area contributed by atoms with Crippen LogP contribution in [0.3, 0.4) is 0 Å². The summed E-state index contributed by atoms with van der Waals surface area (Å²) >= 11 is 2.91. The molecule has 0 spiro atoms. The zero-order chi connectivity index (χ0) is 20.2. The van der Waals surface area contributed by atoms with Crippen molar-refractivity contribution in [2.75, 3.05) is 11.1 Å². The SMILES string of the molecule is C=CCn1c(SCC(=O)Nc2ccccc2F)nnc1-c1csc2ccccc12. The Morgan fingerprint density at radius 2 is 2.00 bits per heavy atom. The highest BCUT2D eigenvalue weighted by molar-refractivity contribution is 7.99. The Bertz CT molecular complexity index is 1180. The predicted octanol–water partition coefficient (Wildman–Crippen LogP) is 5.22. The third-order valence-corrected chi connectivity index (χ3v) is 6.16. The number of aromatic nitrogens is 3. The number of anilines is 1. The number of rotatable bonds is 7. The molecule has 0 unspecified atom stereocenters. The van der Waals surface area contributed by atoms with Crippen molar-refractivity contribution in [2.45, 2.75) is 11.7 Å². The molecular weight excluding hydrogens is 407 g/mol. The molecule has 0 aliphatic heterocycles. The van der Waals surface area contributed by atoms with Crippen LogP contribution in [0.5, 0.6) is 0 Å². The average molecular weight is 425 g/mol. The summed E-state index contributed by atoms with van der Waals surface area (Å²) in [6.07, 6.45) is 1.77. The number of allylic oxidation sites excluding steroid dienone is 1. The maximum Gasteiger partial charge on any atom is 0.234 e. The number of hydrogen-bond acceptors (Lipinski definition) is 5. The molecule has 5 nitrogen and oxygen atoms in total. The van der Waals surface area contributed by atoms with Crippen molar-refractivity contribution in [3.63, 3.8) is 0 Å². The van der Waals surface area contributed by atoms with Crippen molar-refractivity contribution in [2.24, 2.45) is 0 Å². The lowest BCUT2D eigenvalue weighted by Gasteiger charge is -2.08. The van der Waals surface area contributed by atoms with Gasteiger partial charge in [0.2, 0.25) is 5.91 Å². The number of amides is 1. The van der Waals surface area contributed by atoms with E-state index in [0.717, 1.165) is 16.8 Å². The molecule has 0 saturated heterocycles. The minimum absolute atomic E-state index is 0.0913. The number of halogens is 1. The maximum absolute atomic E-state index is 13.7. The van der Waals surface area contributed by atoms with Crippen LogP contribution in [0.4, 0.5) is 10.1 Å². The van der Waals surface area contributed by atoms with Gasteiger partial charge in [-0.1, -0.05) is 48.2 Å². The fourth-order valence-electron chi connectivity index (χ4n) is 2.92. The van der Waals surface area contributed by atoms with Gasteiger partial charge in [0.25, 0.3) is 0 Å². The summed E-state index contributed by atoms with van der Waals surface area (Å²) in [5.74, 6) is 0.0519. The molecule has 8 heteroatoms. The van der Waals surface area contributed by atoms with Gasteiger partial charge in [0.05, 0.1) is 11.4 Å². The third-order valence-electron chi connectivity index (χ3n) is 4.23. The lowest BCUT2D eigenvalue weighted by molar-refractivity contribution is -0.113. The molecule has 1 amide bonds. The first-order chi connectivity index (χ1) is 14.2. The van der Waals surface area contributed by atoms with Crippen molar-refractivity contribution >= 4 is 44.8 Å². The van der Waals surface area contributed by atoms with Gasteiger partial charge in [0, 0.05) is 27.6 Å². The predicted molar refractivity (Wildman–Crippen MR) is 117 cm³/mol. The van der Waals surface area contributed by atoms with E-state index in [1.165, 1.54) is 28.6 Å². The monoisotopic (exact) mass is 424 g/mol. The normalized spacial score (nSPS) is 10.9. The Hall–Kier alpha value is -2.97. The second-order valence-corrected chi connectivity index (χ2v) is 8.02. The van der Waals surface area contributed by atoms with Crippen molar-refractivity contribution in [3.8, 4) is 11.4 Å². The first-order valence-electron chi connectivity index (χ1n) is 8.85. The first kappa shape index (κ1) is 19.4. The molecule has 0 bridgehead atoms. The summed E-state index contributed by atoms with van der Waals surface area (Å²) in [6.45, 7) is 4.34. The van der Waals surface area contributed by atoms with Gasteiger partial charge in [0.1, 0.15) is 5.82 Å². The van der Waals surface area contributed by atoms with E-state index in [9.17, 15) is 9.18 Å². The minimum atomic E-state index is -0.465. The highest BCUT2D eigenvalue weighted by Crippen LogP contribution is 2.34. The molecule has 29 heavy (non-hydrogen) atoms. The highest BCUT2D eigenvalue weighted by Gasteiger charge is 2.18. The molecule has 0 aliphatic carbocycles. The van der Waals surface area contributed by atoms with Crippen LogP contribution in [0.25, 0.3) is 21.5 Å². The van der Waals surface area contributed by atoms with Crippen LogP contribution >= 0.6 is 23.1 Å². The van der Waals surface area contributed by atoms with Crippen molar-refractivity contribution in [1.82, 2.24) is 14.8 Å². The summed E-state index contributed by atoms with van der Waals surface area (Å²) in [5, 5.41) is 15.0. The van der Waals surface area contributed by atoms with Gasteiger partial charge in [-0.2, -0.15) is 0 Å². The lowest BCUT2D eigenvalue weighted by Crippen LogP contribution is -2.15. The van der Waals surface area contributed by atoms with E-state index in [0.29, 0.717) is 11.7 Å². The Morgan fingerprint density at radius 3 is 2.83 bits per heavy atom. The van der Waals surface area contributed by atoms with Gasteiger partial charge in [-0.3, -0.25) is 9.36 Å². The van der Waals surface area contributed by atoms with E-state index in [-0.39, 0.29) is 17.3 Å². The third kappa shape index (κ3) is 4.08. The molecule has 4 rings (SSSR count). The van der Waals surface area contributed by atoms with Crippen LogP contribution in [0.2, 0.25) is 0 Å². The van der Waals surface area contributed by atoms with Gasteiger partial charge >= 0.3 is 0 Å². The number of fused-ring (bicyclic) bond motifs is 1. The Morgan fingerprint density at radius 1 is 1.21 bits per heavy atom. The molecule has 0 atom stereocenters. The zero-order valence-electron chi connectivity index (χ0n) is 15.3. The zero-order valence-corrected chi connectivity index (χ0v) is 17.0. The van der Waals surface area contributed by atoms with Gasteiger partial charge in [0.15, 0.2) is 11.0 Å². The van der Waals surface area contributed by atoms with Crippen LogP contribution < -0.4 is 5.32 Å². The average Bonchev–Trinajstić information content (AvgIpc) is 3.32. The molecule has 1 N–H and O–H groups in total. The van der Waals surface area contributed by atoms with Crippen LogP contribution in [0.1, 0.15) is 0 Å². The van der Waals surface area contributed by atoms with E-state index in [1.54, 1.807) is 29.5 Å². The van der Waals surface area contributed by atoms with Gasteiger partial charge in [-0.05, 0) is 18.2 Å². The van der Waals surface area contributed by atoms with Gasteiger partial charge in [-0.25, -0.2) is 4.39 Å². The number of nitrogens with zero attached hydrogens (tertiary/aromatic N) is 3. The molecule has 0 aliphatic rings. The second-order valence-electron chi connectivity index (χ2n) is 6.17. The number of carbonyl (C=O) groups excluding carboxylic acids is 1. The van der Waals surface area contributed by atoms with E-state index < -0.39 is 5.82 Å². The molecule has 0 radical (unpaired) electrons. The number of para-hydroxylation sites is 1. The van der Waals surface area contributed by atoms with E-state index in [2.05, 4.69) is 39.6 Å². The van der Waals surface area contributed by atoms with Gasteiger partial charge < -0.3 is 5.32 Å². The number of nitrogens with one attached hydrogen (secondary N) is 1. The smallest absolute Gasteiger partial charge is 0.234 e. The number of thiophene rings is 1. The standard InChI is InChI=1S/C21H17FN4OS2/c1-2-11-26-20(15-12-28-18-10-6-3-7-14(15)18)24-25-21(26)29-13-19(27)23-17-9-5-4-8-16(17)22/h2-10,12H,1,11,13H2,(H,23,27). The molecule has 2 heterocycles. The van der Waals surface area contributed by atoms with Crippen LogP contribution in [-0.2, 0) is 11.3 Å². The molecule has 2 aromatic heterocycles. The summed E-state index contributed by atoms with van der Waals surface area (Å²) in [6, 6.07) is 14.2. The van der Waals surface area contributed by atoms with Crippen LogP contribution in [-0.4, -0.2) is 26.4 Å². The fraction of sp³-hybridized carbons (Fsp3) is 0.0952. The number of benzene rings is 2. The first-order valence-corrected chi connectivity index (χ1v) is 10.7. The second kappa shape index (κ2) is 8.59. The molecule has 0 saturated carbocycles. The fourth-order valence-corrected chi connectivity index (χ4v) is 4.61. The van der Waals surface area contributed by atoms with Gasteiger partial charge in [-0.15, -0.1) is 28.1 Å². The molecule has 0 fully saturated rings. The number of hydrogen-bond donors (Lipinski definition) is 1. The summed E-state index contributed by atoms with van der Waals surface area (Å²) in [5.41, 5.74) is 1.17. The summed E-state index contributed by atoms with van der Waals surface area (Å²) < 4.78 is 16.8. The van der Waals surface area contributed by atoms with E-state index in [4.69, 9.17) is 0 Å². The lowest BCUT2D eigenvalue weighted by atomic mass is 10.1. The Kier molecular flexibility index (Phi) is 5.73. The molecule has 146 valence electrons. The van der Waals surface area contributed by atoms with Crippen molar-refractivity contribution < 1.29 is 9.18 Å². The van der Waals surface area contributed by atoms with E-state index in [1.807, 2.05) is 16.7 Å². The van der Waals surface area contributed by atoms with Crippen LogP contribution in [0, 0.1) is 5.82 Å². The number of carbonyl (C=O) groups is 1. The molecular formula is C21H17FN4OS2. The highest BCUT2D eigenvalue weighted by atomic mass is 32.2. The van der Waals surface area contributed by atoms with Crippen molar-refractivity contribution in [3.05, 3.63) is 72.4 Å². The molecule has 4 aromatic rings. The Labute approximate surface area is 175 Å². The maximum atomic E-state index is 13.7. The molecule has 2 aromatic carbocycles. The number of thioether (sulfide) groups is 1. The summed E-state index contributed by atoms with van der Waals surface area (Å²) in [4.78, 5) is 12.2. The Balaban J connectivity index is 1.55. The minimum Gasteiger partial charge on any atom is -0.323 e. The van der Waals surface area contributed by atoms with E-state index >= 15 is 0 Å². The quantitative estimate of drug-likeness (QED) is 0.327. The summed E-state index contributed by atoms with van der Waals surface area (Å²) in [7, 11) is 0. The largest absolute Gasteiger partial charge is 0.323 e. The topological polar surface area (TPSA) is 59.8 Å². The van der Waals surface area contributed by atoms with Crippen molar-refractivity contribution in [1.29, 1.82) is 0 Å². The van der Waals surface area contributed by atoms with Crippen LogP contribution in [0.15, 0.2) is 71.7 Å².